The van der Waals surface area contributed by atoms with Gasteiger partial charge in [-0.05, 0) is 30.2 Å². The van der Waals surface area contributed by atoms with Gasteiger partial charge in [0.25, 0.3) is 0 Å². The summed E-state index contributed by atoms with van der Waals surface area (Å²) in [6.45, 7) is 15.2. The molecule has 0 unspecified atom stereocenters. The summed E-state index contributed by atoms with van der Waals surface area (Å²) in [7, 11) is 0. The fourth-order valence-electron chi connectivity index (χ4n) is 1.53. The van der Waals surface area contributed by atoms with Gasteiger partial charge in [-0.25, -0.2) is 0 Å². The maximum absolute atomic E-state index is 11.7. The van der Waals surface area contributed by atoms with Gasteiger partial charge in [-0.3, -0.25) is 9.59 Å². The van der Waals surface area contributed by atoms with Crippen LogP contribution in [-0.4, -0.2) is 11.7 Å². The highest BCUT2D eigenvalue weighted by Gasteiger charge is 2.11. The molecule has 1 N–H and O–H groups in total. The van der Waals surface area contributed by atoms with Crippen molar-refractivity contribution in [2.24, 2.45) is 0 Å². The Kier molecular flexibility index (Phi) is 13.3. The first-order valence-electron chi connectivity index (χ1n) is 7.71. The van der Waals surface area contributed by atoms with Crippen molar-refractivity contribution in [3.63, 3.8) is 0 Å². The molecule has 0 heterocycles. The van der Waals surface area contributed by atoms with E-state index in [2.05, 4.69) is 11.9 Å². The number of anilines is 1. The quantitative estimate of drug-likeness (QED) is 0.611. The number of amides is 1. The number of carbonyl (C=O) groups is 2. The average molecular weight is 291 g/mol. The van der Waals surface area contributed by atoms with Gasteiger partial charge in [0.15, 0.2) is 5.78 Å². The van der Waals surface area contributed by atoms with Crippen molar-refractivity contribution in [2.75, 3.05) is 5.32 Å². The number of rotatable bonds is 5. The van der Waals surface area contributed by atoms with E-state index in [0.29, 0.717) is 17.7 Å². The number of aryl methyl sites for hydroxylation is 1. The number of nitrogens with one attached hydrogen (secondary N) is 1. The third-order valence-corrected chi connectivity index (χ3v) is 2.56. The van der Waals surface area contributed by atoms with Gasteiger partial charge in [0.2, 0.25) is 5.91 Å². The van der Waals surface area contributed by atoms with E-state index in [9.17, 15) is 9.59 Å². The Labute approximate surface area is 129 Å². The van der Waals surface area contributed by atoms with Crippen molar-refractivity contribution in [1.29, 1.82) is 0 Å². The Morgan fingerprint density at radius 3 is 2.14 bits per heavy atom. The van der Waals surface area contributed by atoms with Crippen LogP contribution in [0.25, 0.3) is 0 Å². The standard InChI is InChI=1S/C14H17NO2.2C2H6/c1-4-10-7-8-11(13(16)5-2)12(9-10)15-14(17)6-3;2*1-2/h6-9H,3-5H2,1-2H3,(H,15,17);2*1-2H3. The van der Waals surface area contributed by atoms with Crippen LogP contribution in [-0.2, 0) is 11.2 Å². The molecule has 0 aliphatic carbocycles. The molecule has 0 aliphatic rings. The minimum atomic E-state index is -0.302. The summed E-state index contributed by atoms with van der Waals surface area (Å²) in [5.41, 5.74) is 2.21. The van der Waals surface area contributed by atoms with Crippen molar-refractivity contribution < 1.29 is 9.59 Å². The second-order valence-corrected chi connectivity index (χ2v) is 3.70. The normalized spacial score (nSPS) is 8.48. The summed E-state index contributed by atoms with van der Waals surface area (Å²) in [4.78, 5) is 23.0. The van der Waals surface area contributed by atoms with Crippen molar-refractivity contribution in [3.05, 3.63) is 42.0 Å². The zero-order valence-electron chi connectivity index (χ0n) is 14.2. The first-order chi connectivity index (χ1) is 10.1. The maximum atomic E-state index is 11.7. The number of ketones is 1. The molecule has 0 saturated carbocycles. The van der Waals surface area contributed by atoms with Crippen molar-refractivity contribution in [1.82, 2.24) is 0 Å². The van der Waals surface area contributed by atoms with Gasteiger partial charge in [0.05, 0.1) is 5.69 Å². The number of carbonyl (C=O) groups excluding carboxylic acids is 2. The van der Waals surface area contributed by atoms with E-state index >= 15 is 0 Å². The van der Waals surface area contributed by atoms with Crippen LogP contribution >= 0.6 is 0 Å². The molecular weight excluding hydrogens is 262 g/mol. The average Bonchev–Trinajstić information content (AvgIpc) is 2.57. The maximum Gasteiger partial charge on any atom is 0.247 e. The molecule has 0 bridgehead atoms. The van der Waals surface area contributed by atoms with E-state index in [1.165, 1.54) is 6.08 Å². The highest BCUT2D eigenvalue weighted by atomic mass is 16.1. The van der Waals surface area contributed by atoms with Crippen LogP contribution < -0.4 is 5.32 Å². The summed E-state index contributed by atoms with van der Waals surface area (Å²) in [6.07, 6.45) is 2.47. The minimum Gasteiger partial charge on any atom is -0.322 e. The van der Waals surface area contributed by atoms with Crippen molar-refractivity contribution >= 4 is 17.4 Å². The fourth-order valence-corrected chi connectivity index (χ4v) is 1.53. The van der Waals surface area contributed by atoms with Crippen molar-refractivity contribution in [3.8, 4) is 0 Å². The van der Waals surface area contributed by atoms with Gasteiger partial charge in [-0.1, -0.05) is 54.2 Å². The lowest BCUT2D eigenvalue weighted by Gasteiger charge is -2.10. The van der Waals surface area contributed by atoms with Gasteiger partial charge in [-0.15, -0.1) is 0 Å². The van der Waals surface area contributed by atoms with Gasteiger partial charge in [0.1, 0.15) is 0 Å². The smallest absolute Gasteiger partial charge is 0.247 e. The fraction of sp³-hybridized carbons (Fsp3) is 0.444. The highest BCUT2D eigenvalue weighted by Crippen LogP contribution is 2.20. The van der Waals surface area contributed by atoms with E-state index in [4.69, 9.17) is 0 Å². The second kappa shape index (κ2) is 13.1. The van der Waals surface area contributed by atoms with Crippen LogP contribution in [0.4, 0.5) is 5.69 Å². The Morgan fingerprint density at radius 2 is 1.71 bits per heavy atom. The number of hydrogen-bond donors (Lipinski definition) is 1. The number of benzene rings is 1. The van der Waals surface area contributed by atoms with E-state index in [0.717, 1.165) is 12.0 Å². The molecule has 1 aromatic rings. The van der Waals surface area contributed by atoms with Gasteiger partial charge >= 0.3 is 0 Å². The zero-order valence-corrected chi connectivity index (χ0v) is 14.2. The molecule has 0 aromatic heterocycles. The minimum absolute atomic E-state index is 0.0204. The Balaban J connectivity index is 0. The van der Waals surface area contributed by atoms with E-state index < -0.39 is 0 Å². The Hall–Kier alpha value is -1.90. The molecule has 0 aliphatic heterocycles. The first-order valence-corrected chi connectivity index (χ1v) is 7.71. The van der Waals surface area contributed by atoms with Gasteiger partial charge in [-0.2, -0.15) is 0 Å². The van der Waals surface area contributed by atoms with Crippen LogP contribution in [0, 0.1) is 0 Å². The number of Topliss-reactive ketones (excluding diaryl/α,β-unsaturated/α-hetero) is 1. The van der Waals surface area contributed by atoms with E-state index in [1.807, 2.05) is 46.8 Å². The van der Waals surface area contributed by atoms with Gasteiger partial charge in [0, 0.05) is 12.0 Å². The van der Waals surface area contributed by atoms with Crippen molar-refractivity contribution in [2.45, 2.75) is 54.4 Å². The third kappa shape index (κ3) is 7.45. The topological polar surface area (TPSA) is 46.2 Å². The van der Waals surface area contributed by atoms with Crippen LogP contribution in [0.15, 0.2) is 30.9 Å². The highest BCUT2D eigenvalue weighted by molar-refractivity contribution is 6.07. The first kappa shape index (κ1) is 21.4. The summed E-state index contributed by atoms with van der Waals surface area (Å²) in [5.74, 6) is -0.282. The van der Waals surface area contributed by atoms with E-state index in [1.54, 1.807) is 13.0 Å². The third-order valence-electron chi connectivity index (χ3n) is 2.56. The lowest BCUT2D eigenvalue weighted by atomic mass is 10.0. The van der Waals surface area contributed by atoms with E-state index in [-0.39, 0.29) is 11.7 Å². The molecule has 118 valence electrons. The van der Waals surface area contributed by atoms with Crippen LogP contribution in [0.5, 0.6) is 0 Å². The largest absolute Gasteiger partial charge is 0.322 e. The molecule has 3 heteroatoms. The Bertz CT molecular complexity index is 451. The lowest BCUT2D eigenvalue weighted by molar-refractivity contribution is -0.111. The van der Waals surface area contributed by atoms with Crippen LogP contribution in [0.2, 0.25) is 0 Å². The monoisotopic (exact) mass is 291 g/mol. The summed E-state index contributed by atoms with van der Waals surface area (Å²) in [6, 6.07) is 5.51. The second-order valence-electron chi connectivity index (χ2n) is 3.70. The number of hydrogen-bond acceptors (Lipinski definition) is 2. The molecule has 1 amide bonds. The molecule has 0 saturated heterocycles. The molecular formula is C18H29NO2. The summed E-state index contributed by atoms with van der Waals surface area (Å²) < 4.78 is 0. The molecule has 0 fully saturated rings. The Morgan fingerprint density at radius 1 is 1.14 bits per heavy atom. The zero-order chi connectivity index (χ0) is 16.8. The molecule has 21 heavy (non-hydrogen) atoms. The predicted molar refractivity (Wildman–Crippen MR) is 92.0 cm³/mol. The molecule has 0 spiro atoms. The molecule has 1 aromatic carbocycles. The van der Waals surface area contributed by atoms with Crippen LogP contribution in [0.3, 0.4) is 0 Å². The molecule has 0 radical (unpaired) electrons. The van der Waals surface area contributed by atoms with Crippen LogP contribution in [0.1, 0.15) is 63.9 Å². The molecule has 0 atom stereocenters. The SMILES string of the molecule is C=CC(=O)Nc1cc(CC)ccc1C(=O)CC.CC.CC. The van der Waals surface area contributed by atoms with Gasteiger partial charge < -0.3 is 5.32 Å². The summed E-state index contributed by atoms with van der Waals surface area (Å²) >= 11 is 0. The summed E-state index contributed by atoms with van der Waals surface area (Å²) in [5, 5.41) is 2.67. The molecule has 1 rings (SSSR count). The molecule has 3 nitrogen and oxygen atoms in total. The lowest BCUT2D eigenvalue weighted by Crippen LogP contribution is -2.12. The predicted octanol–water partition coefficient (Wildman–Crippen LogP) is 5.02.